The molecule has 0 unspecified atom stereocenters. The topological polar surface area (TPSA) is 73.6 Å². The van der Waals surface area contributed by atoms with E-state index in [2.05, 4.69) is 26.4 Å². The van der Waals surface area contributed by atoms with Gasteiger partial charge in [-0.3, -0.25) is 4.79 Å². The molecule has 0 radical (unpaired) electrons. The molecule has 0 spiro atoms. The van der Waals surface area contributed by atoms with E-state index < -0.39 is 0 Å². The Morgan fingerprint density at radius 3 is 2.50 bits per heavy atom. The SMILES string of the molecule is COc1ccc(-c2cc(CNC(=O)c3ccc(Br)cc3)no2)cc1OC. The number of aromatic nitrogens is 1. The van der Waals surface area contributed by atoms with Crippen molar-refractivity contribution in [3.8, 4) is 22.8 Å². The molecule has 0 atom stereocenters. The second kappa shape index (κ2) is 8.05. The summed E-state index contributed by atoms with van der Waals surface area (Å²) >= 11 is 3.34. The van der Waals surface area contributed by atoms with Crippen molar-refractivity contribution in [3.05, 3.63) is 64.3 Å². The molecule has 1 heterocycles. The number of rotatable bonds is 6. The molecule has 1 N–H and O–H groups in total. The summed E-state index contributed by atoms with van der Waals surface area (Å²) in [6.45, 7) is 0.270. The van der Waals surface area contributed by atoms with Crippen molar-refractivity contribution in [1.82, 2.24) is 10.5 Å². The number of hydrogen-bond donors (Lipinski definition) is 1. The van der Waals surface area contributed by atoms with Gasteiger partial charge < -0.3 is 19.3 Å². The summed E-state index contributed by atoms with van der Waals surface area (Å²) in [5, 5.41) is 6.82. The fourth-order valence-corrected chi connectivity index (χ4v) is 2.66. The lowest BCUT2D eigenvalue weighted by Crippen LogP contribution is -2.22. The maximum Gasteiger partial charge on any atom is 0.251 e. The van der Waals surface area contributed by atoms with E-state index in [1.165, 1.54) is 0 Å². The minimum Gasteiger partial charge on any atom is -0.493 e. The first-order valence-corrected chi connectivity index (χ1v) is 8.62. The number of benzene rings is 2. The number of ether oxygens (including phenoxy) is 2. The third kappa shape index (κ3) is 4.05. The van der Waals surface area contributed by atoms with Crippen LogP contribution in [0.2, 0.25) is 0 Å². The fraction of sp³-hybridized carbons (Fsp3) is 0.158. The van der Waals surface area contributed by atoms with Gasteiger partial charge in [-0.05, 0) is 42.5 Å². The van der Waals surface area contributed by atoms with Crippen LogP contribution in [0.25, 0.3) is 11.3 Å². The minimum atomic E-state index is -0.173. The number of carbonyl (C=O) groups is 1. The van der Waals surface area contributed by atoms with Crippen molar-refractivity contribution in [1.29, 1.82) is 0 Å². The Morgan fingerprint density at radius 1 is 1.08 bits per heavy atom. The smallest absolute Gasteiger partial charge is 0.251 e. The van der Waals surface area contributed by atoms with Crippen LogP contribution in [0.15, 0.2) is 57.5 Å². The third-order valence-electron chi connectivity index (χ3n) is 3.76. The first kappa shape index (κ1) is 18.0. The highest BCUT2D eigenvalue weighted by Crippen LogP contribution is 2.32. The Hall–Kier alpha value is -2.80. The summed E-state index contributed by atoms with van der Waals surface area (Å²) in [4.78, 5) is 12.1. The summed E-state index contributed by atoms with van der Waals surface area (Å²) in [5.41, 5.74) is 2.01. The lowest BCUT2D eigenvalue weighted by atomic mass is 10.1. The predicted molar refractivity (Wildman–Crippen MR) is 100 cm³/mol. The van der Waals surface area contributed by atoms with E-state index >= 15 is 0 Å². The zero-order valence-corrected chi connectivity index (χ0v) is 15.9. The van der Waals surface area contributed by atoms with Gasteiger partial charge in [-0.2, -0.15) is 0 Å². The van der Waals surface area contributed by atoms with Gasteiger partial charge in [0.2, 0.25) is 0 Å². The van der Waals surface area contributed by atoms with Crippen molar-refractivity contribution < 1.29 is 18.8 Å². The molecule has 0 saturated carbocycles. The van der Waals surface area contributed by atoms with Crippen molar-refractivity contribution in [2.75, 3.05) is 14.2 Å². The van der Waals surface area contributed by atoms with Gasteiger partial charge >= 0.3 is 0 Å². The second-order valence-electron chi connectivity index (χ2n) is 5.44. The molecule has 0 aliphatic heterocycles. The number of nitrogens with zero attached hydrogens (tertiary/aromatic N) is 1. The molecule has 2 aromatic carbocycles. The first-order valence-electron chi connectivity index (χ1n) is 7.82. The fourth-order valence-electron chi connectivity index (χ4n) is 2.39. The van der Waals surface area contributed by atoms with Crippen LogP contribution >= 0.6 is 15.9 Å². The highest BCUT2D eigenvalue weighted by molar-refractivity contribution is 9.10. The molecule has 134 valence electrons. The van der Waals surface area contributed by atoms with Crippen LogP contribution in [0.4, 0.5) is 0 Å². The van der Waals surface area contributed by atoms with E-state index in [0.717, 1.165) is 10.0 Å². The summed E-state index contributed by atoms with van der Waals surface area (Å²) in [7, 11) is 3.16. The van der Waals surface area contributed by atoms with E-state index in [-0.39, 0.29) is 12.5 Å². The van der Waals surface area contributed by atoms with Crippen LogP contribution < -0.4 is 14.8 Å². The molecule has 0 saturated heterocycles. The van der Waals surface area contributed by atoms with Gasteiger partial charge in [-0.25, -0.2) is 0 Å². The Balaban J connectivity index is 1.68. The molecule has 0 aliphatic carbocycles. The molecule has 3 rings (SSSR count). The number of amides is 1. The molecule has 1 amide bonds. The Kier molecular flexibility index (Phi) is 5.58. The lowest BCUT2D eigenvalue weighted by Gasteiger charge is -2.07. The van der Waals surface area contributed by atoms with Crippen LogP contribution in [-0.2, 0) is 6.54 Å². The van der Waals surface area contributed by atoms with Crippen LogP contribution in [0.1, 0.15) is 16.1 Å². The van der Waals surface area contributed by atoms with E-state index in [1.807, 2.05) is 24.3 Å². The van der Waals surface area contributed by atoms with Gasteiger partial charge in [0.1, 0.15) is 5.69 Å². The van der Waals surface area contributed by atoms with E-state index in [9.17, 15) is 4.79 Å². The van der Waals surface area contributed by atoms with E-state index in [4.69, 9.17) is 14.0 Å². The summed E-state index contributed by atoms with van der Waals surface area (Å²) < 4.78 is 16.8. The third-order valence-corrected chi connectivity index (χ3v) is 4.29. The lowest BCUT2D eigenvalue weighted by molar-refractivity contribution is 0.0950. The zero-order valence-electron chi connectivity index (χ0n) is 14.3. The average Bonchev–Trinajstić information content (AvgIpc) is 3.15. The number of halogens is 1. The van der Waals surface area contributed by atoms with Crippen molar-refractivity contribution in [2.24, 2.45) is 0 Å². The number of carbonyl (C=O) groups excluding carboxylic acids is 1. The Bertz CT molecular complexity index is 906. The summed E-state index contributed by atoms with van der Waals surface area (Å²) in [5.74, 6) is 1.65. The average molecular weight is 417 g/mol. The molecule has 6 nitrogen and oxygen atoms in total. The molecule has 7 heteroatoms. The summed E-state index contributed by atoms with van der Waals surface area (Å²) in [6.07, 6.45) is 0. The standard InChI is InChI=1S/C19H17BrN2O4/c1-24-16-8-5-13(9-18(16)25-2)17-10-15(22-26-17)11-21-19(23)12-3-6-14(20)7-4-12/h3-10H,11H2,1-2H3,(H,21,23). The molecule has 0 bridgehead atoms. The van der Waals surface area contributed by atoms with Gasteiger partial charge in [0.15, 0.2) is 17.3 Å². The normalized spacial score (nSPS) is 10.4. The number of nitrogens with one attached hydrogen (secondary N) is 1. The largest absolute Gasteiger partial charge is 0.493 e. The van der Waals surface area contributed by atoms with Crippen molar-refractivity contribution >= 4 is 21.8 Å². The quantitative estimate of drug-likeness (QED) is 0.655. The number of methoxy groups -OCH3 is 2. The highest BCUT2D eigenvalue weighted by atomic mass is 79.9. The maximum absolute atomic E-state index is 12.1. The molecule has 1 aromatic heterocycles. The molecule has 0 fully saturated rings. The Labute approximate surface area is 159 Å². The van der Waals surface area contributed by atoms with E-state index in [0.29, 0.717) is 28.5 Å². The van der Waals surface area contributed by atoms with Gasteiger partial charge in [-0.15, -0.1) is 0 Å². The van der Waals surface area contributed by atoms with Crippen LogP contribution in [0.5, 0.6) is 11.5 Å². The minimum absolute atomic E-state index is 0.173. The monoisotopic (exact) mass is 416 g/mol. The van der Waals surface area contributed by atoms with Crippen LogP contribution in [0.3, 0.4) is 0 Å². The van der Waals surface area contributed by atoms with Crippen molar-refractivity contribution in [2.45, 2.75) is 6.54 Å². The van der Waals surface area contributed by atoms with Crippen LogP contribution in [-0.4, -0.2) is 25.3 Å². The first-order chi connectivity index (χ1) is 12.6. The van der Waals surface area contributed by atoms with Gasteiger partial charge in [-0.1, -0.05) is 21.1 Å². The number of hydrogen-bond acceptors (Lipinski definition) is 5. The molecule has 0 aliphatic rings. The maximum atomic E-state index is 12.1. The van der Waals surface area contributed by atoms with Gasteiger partial charge in [0, 0.05) is 21.7 Å². The molecular formula is C19H17BrN2O4. The molecule has 26 heavy (non-hydrogen) atoms. The van der Waals surface area contributed by atoms with Crippen LogP contribution in [0, 0.1) is 0 Å². The summed E-state index contributed by atoms with van der Waals surface area (Å²) in [6, 6.07) is 14.4. The second-order valence-corrected chi connectivity index (χ2v) is 6.36. The van der Waals surface area contributed by atoms with Crippen molar-refractivity contribution in [3.63, 3.8) is 0 Å². The van der Waals surface area contributed by atoms with Gasteiger partial charge in [0.05, 0.1) is 20.8 Å². The predicted octanol–water partition coefficient (Wildman–Crippen LogP) is 4.05. The molecule has 3 aromatic rings. The van der Waals surface area contributed by atoms with E-state index in [1.54, 1.807) is 38.5 Å². The highest BCUT2D eigenvalue weighted by Gasteiger charge is 2.12. The zero-order chi connectivity index (χ0) is 18.5. The molecular weight excluding hydrogens is 400 g/mol. The Morgan fingerprint density at radius 2 is 1.81 bits per heavy atom. The van der Waals surface area contributed by atoms with Gasteiger partial charge in [0.25, 0.3) is 5.91 Å².